The number of fused-ring (bicyclic) bond motifs is 1. The van der Waals surface area contributed by atoms with Crippen molar-refractivity contribution in [3.05, 3.63) is 45.6 Å². The summed E-state index contributed by atoms with van der Waals surface area (Å²) in [5, 5.41) is 0. The Morgan fingerprint density at radius 3 is 2.68 bits per heavy atom. The summed E-state index contributed by atoms with van der Waals surface area (Å²) in [4.78, 5) is 16.3. The molecule has 3 rings (SSSR count). The Balaban J connectivity index is 1.94. The number of thiophene rings is 1. The lowest BCUT2D eigenvalue weighted by Crippen LogP contribution is -2.28. The quantitative estimate of drug-likeness (QED) is 0.934. The van der Waals surface area contributed by atoms with Gasteiger partial charge in [0, 0.05) is 17.1 Å². The molecule has 2 heterocycles. The van der Waals surface area contributed by atoms with Crippen molar-refractivity contribution >= 4 is 33.0 Å². The fraction of sp³-hybridized carbons (Fsp3) is 0.267. The van der Waals surface area contributed by atoms with Gasteiger partial charge in [-0.1, -0.05) is 0 Å². The molecule has 0 aliphatic carbocycles. The minimum Gasteiger partial charge on any atom is -0.307 e. The third kappa shape index (κ3) is 2.55. The summed E-state index contributed by atoms with van der Waals surface area (Å²) in [5.41, 5.74) is 1.68. The second-order valence-electron chi connectivity index (χ2n) is 5.12. The van der Waals surface area contributed by atoms with Gasteiger partial charge in [0.1, 0.15) is 0 Å². The predicted molar refractivity (Wildman–Crippen MR) is 87.1 cm³/mol. The number of hydrogen-bond acceptors (Lipinski definition) is 4. The number of anilines is 1. The van der Waals surface area contributed by atoms with E-state index >= 15 is 0 Å². The maximum atomic E-state index is 12.6. The molecule has 1 aromatic carbocycles. The molecule has 1 N–H and O–H groups in total. The summed E-state index contributed by atoms with van der Waals surface area (Å²) >= 11 is 1.47. The molecule has 7 heteroatoms. The van der Waals surface area contributed by atoms with Crippen molar-refractivity contribution in [2.45, 2.75) is 18.2 Å². The molecule has 0 unspecified atom stereocenters. The van der Waals surface area contributed by atoms with Gasteiger partial charge in [0.15, 0.2) is 0 Å². The monoisotopic (exact) mass is 336 g/mol. The topological polar surface area (TPSA) is 66.5 Å². The first-order valence-electron chi connectivity index (χ1n) is 6.87. The zero-order valence-electron chi connectivity index (χ0n) is 12.3. The fourth-order valence-corrected chi connectivity index (χ4v) is 4.15. The summed E-state index contributed by atoms with van der Waals surface area (Å²) in [6.07, 6.45) is 0.665. The van der Waals surface area contributed by atoms with E-state index in [2.05, 4.69) is 4.72 Å². The molecule has 0 saturated carbocycles. The third-order valence-corrected chi connectivity index (χ3v) is 6.12. The Bertz CT molecular complexity index is 840. The summed E-state index contributed by atoms with van der Waals surface area (Å²) in [6, 6.07) is 8.66. The maximum absolute atomic E-state index is 12.6. The lowest BCUT2D eigenvalue weighted by molar-refractivity contribution is 0.0993. The van der Waals surface area contributed by atoms with Crippen molar-refractivity contribution in [2.75, 3.05) is 18.5 Å². The molecule has 1 aromatic heterocycles. The predicted octanol–water partition coefficient (Wildman–Crippen LogP) is 2.17. The Kier molecular flexibility index (Phi) is 3.80. The standard InChI is InChI=1S/C15H16N2O3S2/c1-10-3-6-14(21-10)15(18)17-8-7-11-9-12(4-5-13(11)17)22(19,20)16-2/h3-6,9,16H,7-8H2,1-2H3. The van der Waals surface area contributed by atoms with Crippen molar-refractivity contribution in [3.63, 3.8) is 0 Å². The van der Waals surface area contributed by atoms with Gasteiger partial charge >= 0.3 is 0 Å². The van der Waals surface area contributed by atoms with Gasteiger partial charge in [-0.15, -0.1) is 11.3 Å². The van der Waals surface area contributed by atoms with Gasteiger partial charge in [-0.25, -0.2) is 13.1 Å². The van der Waals surface area contributed by atoms with Crippen LogP contribution in [0.25, 0.3) is 0 Å². The van der Waals surface area contributed by atoms with Gasteiger partial charge < -0.3 is 4.90 Å². The van der Waals surface area contributed by atoms with Crippen molar-refractivity contribution in [1.82, 2.24) is 4.72 Å². The summed E-state index contributed by atoms with van der Waals surface area (Å²) in [5.74, 6) is -0.0268. The van der Waals surface area contributed by atoms with Crippen LogP contribution in [0.3, 0.4) is 0 Å². The molecular formula is C15H16N2O3S2. The van der Waals surface area contributed by atoms with Crippen LogP contribution >= 0.6 is 11.3 Å². The lowest BCUT2D eigenvalue weighted by Gasteiger charge is -2.16. The molecular weight excluding hydrogens is 320 g/mol. The van der Waals surface area contributed by atoms with Crippen molar-refractivity contribution in [1.29, 1.82) is 0 Å². The molecule has 1 aliphatic rings. The van der Waals surface area contributed by atoms with Crippen LogP contribution in [0, 0.1) is 6.92 Å². The lowest BCUT2D eigenvalue weighted by atomic mass is 10.2. The normalized spacial score (nSPS) is 14.2. The Labute approximate surface area is 133 Å². The molecule has 1 aliphatic heterocycles. The number of carbonyl (C=O) groups excluding carboxylic acids is 1. The molecule has 2 aromatic rings. The maximum Gasteiger partial charge on any atom is 0.268 e. The minimum absolute atomic E-state index is 0.0268. The van der Waals surface area contributed by atoms with E-state index in [9.17, 15) is 13.2 Å². The molecule has 1 amide bonds. The molecule has 5 nitrogen and oxygen atoms in total. The van der Waals surface area contributed by atoms with E-state index in [0.717, 1.165) is 16.1 Å². The van der Waals surface area contributed by atoms with E-state index in [1.165, 1.54) is 24.5 Å². The number of rotatable bonds is 3. The van der Waals surface area contributed by atoms with Crippen LogP contribution in [-0.4, -0.2) is 27.9 Å². The molecule has 0 radical (unpaired) electrons. The van der Waals surface area contributed by atoms with Crippen molar-refractivity contribution in [2.24, 2.45) is 0 Å². The number of carbonyl (C=O) groups is 1. The molecule has 116 valence electrons. The van der Waals surface area contributed by atoms with Gasteiger partial charge in [0.2, 0.25) is 10.0 Å². The second-order valence-corrected chi connectivity index (χ2v) is 8.29. The zero-order valence-corrected chi connectivity index (χ0v) is 13.9. The SMILES string of the molecule is CNS(=O)(=O)c1ccc2c(c1)CCN2C(=O)c1ccc(C)s1. The van der Waals surface area contributed by atoms with E-state index in [4.69, 9.17) is 0 Å². The van der Waals surface area contributed by atoms with Gasteiger partial charge in [0.05, 0.1) is 9.77 Å². The van der Waals surface area contributed by atoms with Crippen molar-refractivity contribution < 1.29 is 13.2 Å². The van der Waals surface area contributed by atoms with E-state index in [1.807, 2.05) is 19.1 Å². The first-order chi connectivity index (χ1) is 10.4. The van der Waals surface area contributed by atoms with Gasteiger partial charge in [-0.2, -0.15) is 0 Å². The largest absolute Gasteiger partial charge is 0.307 e. The summed E-state index contributed by atoms with van der Waals surface area (Å²) in [6.45, 7) is 2.54. The number of nitrogens with zero attached hydrogens (tertiary/aromatic N) is 1. The van der Waals surface area contributed by atoms with E-state index in [-0.39, 0.29) is 10.8 Å². The number of hydrogen-bond donors (Lipinski definition) is 1. The van der Waals surface area contributed by atoms with Gasteiger partial charge in [-0.3, -0.25) is 4.79 Å². The summed E-state index contributed by atoms with van der Waals surface area (Å²) < 4.78 is 26.0. The number of sulfonamides is 1. The van der Waals surface area contributed by atoms with Crippen LogP contribution < -0.4 is 9.62 Å². The highest BCUT2D eigenvalue weighted by atomic mass is 32.2. The summed E-state index contributed by atoms with van der Waals surface area (Å²) in [7, 11) is -2.07. The van der Waals surface area contributed by atoms with Crippen LogP contribution in [0.1, 0.15) is 20.1 Å². The highest BCUT2D eigenvalue weighted by molar-refractivity contribution is 7.89. The Morgan fingerprint density at radius 1 is 1.27 bits per heavy atom. The van der Waals surface area contributed by atoms with Crippen LogP contribution in [0.15, 0.2) is 35.2 Å². The number of nitrogens with one attached hydrogen (secondary N) is 1. The van der Waals surface area contributed by atoms with Crippen LogP contribution in [0.5, 0.6) is 0 Å². The van der Waals surface area contributed by atoms with Crippen LogP contribution in [0.4, 0.5) is 5.69 Å². The first kappa shape index (κ1) is 15.2. The molecule has 0 atom stereocenters. The Hall–Kier alpha value is -1.70. The fourth-order valence-electron chi connectivity index (χ4n) is 2.56. The van der Waals surface area contributed by atoms with Crippen molar-refractivity contribution in [3.8, 4) is 0 Å². The third-order valence-electron chi connectivity index (χ3n) is 3.72. The minimum atomic E-state index is -3.46. The van der Waals surface area contributed by atoms with E-state index < -0.39 is 10.0 Å². The highest BCUT2D eigenvalue weighted by Crippen LogP contribution is 2.32. The number of aryl methyl sites for hydroxylation is 1. The molecule has 0 spiro atoms. The van der Waals surface area contributed by atoms with Crippen LogP contribution in [0.2, 0.25) is 0 Å². The first-order valence-corrected chi connectivity index (χ1v) is 9.17. The molecule has 22 heavy (non-hydrogen) atoms. The van der Waals surface area contributed by atoms with Gasteiger partial charge in [-0.05, 0) is 56.3 Å². The average Bonchev–Trinajstić information content (AvgIpc) is 3.12. The van der Waals surface area contributed by atoms with E-state index in [1.54, 1.807) is 17.0 Å². The molecule has 0 saturated heterocycles. The number of amides is 1. The smallest absolute Gasteiger partial charge is 0.268 e. The average molecular weight is 336 g/mol. The highest BCUT2D eigenvalue weighted by Gasteiger charge is 2.27. The molecule has 0 bridgehead atoms. The van der Waals surface area contributed by atoms with E-state index in [0.29, 0.717) is 17.8 Å². The van der Waals surface area contributed by atoms with Crippen LogP contribution in [-0.2, 0) is 16.4 Å². The number of benzene rings is 1. The zero-order chi connectivity index (χ0) is 15.9. The van der Waals surface area contributed by atoms with Gasteiger partial charge in [0.25, 0.3) is 5.91 Å². The Morgan fingerprint density at radius 2 is 2.05 bits per heavy atom. The second kappa shape index (κ2) is 5.49. The molecule has 0 fully saturated rings.